The number of amides is 3. The van der Waals surface area contributed by atoms with Gasteiger partial charge in [-0.2, -0.15) is 24.4 Å². The first-order valence-corrected chi connectivity index (χ1v) is 11.8. The molecule has 0 rings (SSSR count). The highest BCUT2D eigenvalue weighted by atomic mass is 32.2. The molecule has 13 nitrogen and oxygen atoms in total. The lowest BCUT2D eigenvalue weighted by Gasteiger charge is -2.24. The Morgan fingerprint density at radius 1 is 1.00 bits per heavy atom. The molecule has 0 aliphatic carbocycles. The molecule has 0 bridgehead atoms. The molecular formula is C17H33N7O6S2. The van der Waals surface area contributed by atoms with E-state index in [1.165, 1.54) is 11.8 Å². The van der Waals surface area contributed by atoms with Gasteiger partial charge < -0.3 is 43.4 Å². The summed E-state index contributed by atoms with van der Waals surface area (Å²) in [4.78, 5) is 52.3. The second-order valence-electron chi connectivity index (χ2n) is 6.72. The van der Waals surface area contributed by atoms with Gasteiger partial charge in [-0.05, 0) is 31.3 Å². The summed E-state index contributed by atoms with van der Waals surface area (Å²) in [5, 5.41) is 25.9. The van der Waals surface area contributed by atoms with Gasteiger partial charge in [0.25, 0.3) is 0 Å². The summed E-state index contributed by atoms with van der Waals surface area (Å²) in [5.41, 5.74) is 16.0. The topological polar surface area (TPSA) is 235 Å². The van der Waals surface area contributed by atoms with Crippen molar-refractivity contribution in [3.63, 3.8) is 0 Å². The van der Waals surface area contributed by atoms with Crippen molar-refractivity contribution >= 4 is 54.0 Å². The molecule has 0 heterocycles. The number of hydrogen-bond donors (Lipinski definition) is 9. The van der Waals surface area contributed by atoms with Gasteiger partial charge in [0.15, 0.2) is 5.96 Å². The Morgan fingerprint density at radius 2 is 1.56 bits per heavy atom. The van der Waals surface area contributed by atoms with Gasteiger partial charge in [0.2, 0.25) is 17.7 Å². The standard InChI is InChI=1S/C17H33N7O6S2/c1-32-6-4-10(22-13(26)9(18)8-31)14(27)24-12(7-25)15(28)23-11(16(29)30)3-2-5-21-17(19)20/h9-12,25,31H,2-8,18H2,1H3,(H,22,26)(H,23,28)(H,24,27)(H,29,30)(H4,19,20,21). The fourth-order valence-corrected chi connectivity index (χ4v) is 3.00. The molecule has 3 amide bonds. The van der Waals surface area contributed by atoms with Gasteiger partial charge in [-0.1, -0.05) is 0 Å². The second kappa shape index (κ2) is 16.4. The highest BCUT2D eigenvalue weighted by Crippen LogP contribution is 2.04. The second-order valence-corrected chi connectivity index (χ2v) is 8.07. The molecule has 0 aromatic rings. The molecule has 0 aliphatic heterocycles. The number of nitrogens with zero attached hydrogens (tertiary/aromatic N) is 1. The predicted molar refractivity (Wildman–Crippen MR) is 125 cm³/mol. The van der Waals surface area contributed by atoms with Crippen LogP contribution in [0.3, 0.4) is 0 Å². The van der Waals surface area contributed by atoms with Gasteiger partial charge >= 0.3 is 5.97 Å². The number of nitrogens with two attached hydrogens (primary N) is 3. The van der Waals surface area contributed by atoms with Crippen LogP contribution in [0.25, 0.3) is 0 Å². The fourth-order valence-electron chi connectivity index (χ4n) is 2.37. The largest absolute Gasteiger partial charge is 0.480 e. The van der Waals surface area contributed by atoms with Crippen molar-refractivity contribution in [1.29, 1.82) is 0 Å². The number of carbonyl (C=O) groups is 4. The Hall–Kier alpha value is -2.23. The number of carboxylic acid groups (broad SMARTS) is 1. The van der Waals surface area contributed by atoms with Crippen LogP contribution >= 0.6 is 24.4 Å². The highest BCUT2D eigenvalue weighted by Gasteiger charge is 2.29. The zero-order valence-corrected chi connectivity index (χ0v) is 19.5. The zero-order valence-electron chi connectivity index (χ0n) is 17.8. The first-order chi connectivity index (χ1) is 15.1. The average molecular weight is 496 g/mol. The maximum atomic E-state index is 12.6. The maximum Gasteiger partial charge on any atom is 0.326 e. The fraction of sp³-hybridized carbons (Fsp3) is 0.706. The van der Waals surface area contributed by atoms with E-state index in [2.05, 4.69) is 33.6 Å². The van der Waals surface area contributed by atoms with Crippen molar-refractivity contribution in [3.8, 4) is 0 Å². The number of guanidine groups is 1. The number of thioether (sulfide) groups is 1. The van der Waals surface area contributed by atoms with Crippen LogP contribution in [-0.4, -0.2) is 94.9 Å². The van der Waals surface area contributed by atoms with Gasteiger partial charge in [-0.3, -0.25) is 19.4 Å². The van der Waals surface area contributed by atoms with E-state index in [-0.39, 0.29) is 37.5 Å². The molecule has 11 N–H and O–H groups in total. The molecule has 32 heavy (non-hydrogen) atoms. The third-order valence-electron chi connectivity index (χ3n) is 4.15. The number of carbonyl (C=O) groups excluding carboxylic acids is 3. The van der Waals surface area contributed by atoms with Crippen LogP contribution in [0.4, 0.5) is 0 Å². The number of carboxylic acids is 1. The lowest BCUT2D eigenvalue weighted by molar-refractivity contribution is -0.142. The lowest BCUT2D eigenvalue weighted by Crippen LogP contribution is -2.58. The Labute approximate surface area is 196 Å². The number of aliphatic carboxylic acids is 1. The molecule has 184 valence electrons. The summed E-state index contributed by atoms with van der Waals surface area (Å²) >= 11 is 5.39. The van der Waals surface area contributed by atoms with Crippen LogP contribution in [0.5, 0.6) is 0 Å². The van der Waals surface area contributed by atoms with Gasteiger partial charge in [-0.15, -0.1) is 0 Å². The Kier molecular flexibility index (Phi) is 15.3. The van der Waals surface area contributed by atoms with Crippen LogP contribution in [-0.2, 0) is 19.2 Å². The first kappa shape index (κ1) is 29.8. The molecular weight excluding hydrogens is 462 g/mol. The third-order valence-corrected chi connectivity index (χ3v) is 5.19. The molecule has 4 atom stereocenters. The number of nitrogens with one attached hydrogen (secondary N) is 3. The normalized spacial score (nSPS) is 14.4. The van der Waals surface area contributed by atoms with E-state index < -0.39 is 54.5 Å². The Morgan fingerprint density at radius 3 is 2.06 bits per heavy atom. The number of aliphatic hydroxyl groups is 1. The van der Waals surface area contributed by atoms with Crippen LogP contribution in [0.1, 0.15) is 19.3 Å². The minimum absolute atomic E-state index is 0.0258. The van der Waals surface area contributed by atoms with Gasteiger partial charge in [0.05, 0.1) is 12.6 Å². The van der Waals surface area contributed by atoms with E-state index in [1.54, 1.807) is 0 Å². The highest BCUT2D eigenvalue weighted by molar-refractivity contribution is 7.98. The quantitative estimate of drug-likeness (QED) is 0.0445. The minimum atomic E-state index is -1.42. The van der Waals surface area contributed by atoms with E-state index in [0.29, 0.717) is 5.75 Å². The monoisotopic (exact) mass is 495 g/mol. The van der Waals surface area contributed by atoms with Gasteiger partial charge in [0.1, 0.15) is 18.1 Å². The summed E-state index contributed by atoms with van der Waals surface area (Å²) in [6.45, 7) is -0.606. The van der Waals surface area contributed by atoms with E-state index in [0.717, 1.165) is 0 Å². The summed E-state index contributed by atoms with van der Waals surface area (Å²) in [6.07, 6.45) is 2.37. The van der Waals surface area contributed by atoms with Gasteiger partial charge in [-0.25, -0.2) is 4.79 Å². The summed E-state index contributed by atoms with van der Waals surface area (Å²) in [5.74, 6) is -3.02. The van der Waals surface area contributed by atoms with E-state index in [9.17, 15) is 29.4 Å². The van der Waals surface area contributed by atoms with E-state index in [4.69, 9.17) is 17.2 Å². The third kappa shape index (κ3) is 12.0. The van der Waals surface area contributed by atoms with Crippen LogP contribution in [0, 0.1) is 0 Å². The number of hydrogen-bond acceptors (Lipinski definition) is 9. The van der Waals surface area contributed by atoms with Crippen molar-refractivity contribution in [2.24, 2.45) is 22.2 Å². The average Bonchev–Trinajstić information content (AvgIpc) is 2.75. The number of aliphatic hydroxyl groups excluding tert-OH is 1. The minimum Gasteiger partial charge on any atom is -0.480 e. The number of rotatable bonds is 16. The molecule has 0 aromatic heterocycles. The smallest absolute Gasteiger partial charge is 0.326 e. The molecule has 0 radical (unpaired) electrons. The van der Waals surface area contributed by atoms with Crippen molar-refractivity contribution in [3.05, 3.63) is 0 Å². The molecule has 0 saturated heterocycles. The number of thiol groups is 1. The molecule has 15 heteroatoms. The number of aliphatic imine (C=N–C) groups is 1. The van der Waals surface area contributed by atoms with Crippen LogP contribution in [0.15, 0.2) is 4.99 Å². The molecule has 0 aliphatic rings. The van der Waals surface area contributed by atoms with Crippen LogP contribution < -0.4 is 33.2 Å². The van der Waals surface area contributed by atoms with Crippen molar-refractivity contribution in [1.82, 2.24) is 16.0 Å². The van der Waals surface area contributed by atoms with E-state index in [1.807, 2.05) is 6.26 Å². The summed E-state index contributed by atoms with van der Waals surface area (Å²) in [7, 11) is 0. The van der Waals surface area contributed by atoms with Crippen molar-refractivity contribution in [2.45, 2.75) is 43.4 Å². The van der Waals surface area contributed by atoms with E-state index >= 15 is 0 Å². The first-order valence-electron chi connectivity index (χ1n) is 9.72. The Balaban J connectivity index is 5.09. The van der Waals surface area contributed by atoms with Crippen molar-refractivity contribution in [2.75, 3.05) is 30.9 Å². The van der Waals surface area contributed by atoms with Gasteiger partial charge in [0, 0.05) is 12.3 Å². The molecule has 0 aromatic carbocycles. The molecule has 4 unspecified atom stereocenters. The summed E-state index contributed by atoms with van der Waals surface area (Å²) < 4.78 is 0. The van der Waals surface area contributed by atoms with Crippen LogP contribution in [0.2, 0.25) is 0 Å². The predicted octanol–water partition coefficient (Wildman–Crippen LogP) is -3.42. The molecule has 0 fully saturated rings. The SMILES string of the molecule is CSCCC(NC(=O)C(N)CS)C(=O)NC(CO)C(=O)NC(CCCN=C(N)N)C(=O)O. The maximum absolute atomic E-state index is 12.6. The Bertz CT molecular complexity index is 663. The summed E-state index contributed by atoms with van der Waals surface area (Å²) in [6, 6.07) is -4.62. The van der Waals surface area contributed by atoms with Crippen molar-refractivity contribution < 1.29 is 29.4 Å². The zero-order chi connectivity index (χ0) is 24.7. The molecule has 0 spiro atoms. The lowest BCUT2D eigenvalue weighted by atomic mass is 10.1. The molecule has 0 saturated carbocycles.